The van der Waals surface area contributed by atoms with E-state index < -0.39 is 40.0 Å². The van der Waals surface area contributed by atoms with E-state index in [0.29, 0.717) is 26.2 Å². The minimum Gasteiger partial charge on any atom is -0.350 e. The van der Waals surface area contributed by atoms with E-state index in [1.54, 1.807) is 61.5 Å². The second-order valence-corrected chi connectivity index (χ2v) is 15.0. The molecule has 1 unspecified atom stereocenters. The van der Waals surface area contributed by atoms with Crippen molar-refractivity contribution < 1.29 is 18.0 Å². The summed E-state index contributed by atoms with van der Waals surface area (Å²) in [6, 6.07) is 25.9. The van der Waals surface area contributed by atoms with E-state index in [9.17, 15) is 18.0 Å². The number of rotatable bonds is 11. The predicted octanol–water partition coefficient (Wildman–Crippen LogP) is 7.71. The molecule has 1 atom stereocenters. The highest BCUT2D eigenvalue weighted by Gasteiger charge is 2.36. The number of nitrogens with one attached hydrogen (secondary N) is 1. The maximum Gasteiger partial charge on any atom is 0.264 e. The topological polar surface area (TPSA) is 86.8 Å². The molecule has 0 radical (unpaired) electrons. The van der Waals surface area contributed by atoms with Gasteiger partial charge in [0, 0.05) is 33.6 Å². The number of nitrogens with zero attached hydrogens (tertiary/aromatic N) is 2. The van der Waals surface area contributed by atoms with E-state index in [-0.39, 0.29) is 23.5 Å². The van der Waals surface area contributed by atoms with Crippen molar-refractivity contribution in [2.45, 2.75) is 57.1 Å². The van der Waals surface area contributed by atoms with Crippen molar-refractivity contribution in [3.8, 4) is 0 Å². The predicted molar refractivity (Wildman–Crippen MR) is 186 cm³/mol. The van der Waals surface area contributed by atoms with E-state index in [1.807, 2.05) is 51.1 Å². The summed E-state index contributed by atoms with van der Waals surface area (Å²) < 4.78 is 29.4. The molecule has 0 aromatic heterocycles. The molecule has 0 saturated heterocycles. The molecule has 0 fully saturated rings. The van der Waals surface area contributed by atoms with Gasteiger partial charge in [-0.15, -0.1) is 0 Å². The van der Waals surface area contributed by atoms with Gasteiger partial charge >= 0.3 is 0 Å². The van der Waals surface area contributed by atoms with E-state index >= 15 is 0 Å². The van der Waals surface area contributed by atoms with Crippen LogP contribution in [-0.4, -0.2) is 43.3 Å². The number of benzene rings is 4. The lowest BCUT2D eigenvalue weighted by Crippen LogP contribution is -2.56. The molecule has 1 N–H and O–H groups in total. The molecule has 0 heterocycles. The number of carbonyl (C=O) groups is 2. The molecule has 2 amide bonds. The lowest BCUT2D eigenvalue weighted by atomic mass is 10.0. The van der Waals surface area contributed by atoms with Crippen LogP contribution in [0, 0.1) is 6.92 Å². The number of carbonyl (C=O) groups excluding carboxylic acids is 2. The zero-order chi connectivity index (χ0) is 33.6. The monoisotopic (exact) mass is 699 g/mol. The number of anilines is 1. The summed E-state index contributed by atoms with van der Waals surface area (Å²) >= 11 is 19.2. The summed E-state index contributed by atoms with van der Waals surface area (Å²) in [6.45, 7) is 6.54. The van der Waals surface area contributed by atoms with E-state index in [1.165, 1.54) is 17.0 Å². The van der Waals surface area contributed by atoms with Gasteiger partial charge in [0.05, 0.1) is 10.6 Å². The number of halogens is 3. The first-order valence-electron chi connectivity index (χ1n) is 14.6. The van der Waals surface area contributed by atoms with Gasteiger partial charge in [-0.2, -0.15) is 0 Å². The van der Waals surface area contributed by atoms with Crippen LogP contribution in [0.15, 0.2) is 102 Å². The third-order valence-corrected chi connectivity index (χ3v) is 10.0. The number of sulfonamides is 1. The van der Waals surface area contributed by atoms with Crippen LogP contribution in [0.3, 0.4) is 0 Å². The van der Waals surface area contributed by atoms with Crippen molar-refractivity contribution in [3.63, 3.8) is 0 Å². The van der Waals surface area contributed by atoms with Crippen LogP contribution >= 0.6 is 34.8 Å². The summed E-state index contributed by atoms with van der Waals surface area (Å²) in [7, 11) is -4.26. The molecule has 7 nitrogen and oxygen atoms in total. The fraction of sp³-hybridized carbons (Fsp3) is 0.257. The molecule has 4 aromatic rings. The third kappa shape index (κ3) is 8.82. The molecule has 4 aromatic carbocycles. The quantitative estimate of drug-likeness (QED) is 0.174. The summed E-state index contributed by atoms with van der Waals surface area (Å²) in [6.07, 6.45) is 0.168. The van der Waals surface area contributed by atoms with Crippen LogP contribution < -0.4 is 9.62 Å². The van der Waals surface area contributed by atoms with Crippen LogP contribution in [0.4, 0.5) is 5.69 Å². The Kier molecular flexibility index (Phi) is 11.4. The van der Waals surface area contributed by atoms with Crippen molar-refractivity contribution in [1.29, 1.82) is 0 Å². The van der Waals surface area contributed by atoms with Crippen LogP contribution in [0.5, 0.6) is 0 Å². The van der Waals surface area contributed by atoms with E-state index in [4.69, 9.17) is 34.8 Å². The van der Waals surface area contributed by atoms with Gasteiger partial charge < -0.3 is 10.2 Å². The fourth-order valence-corrected chi connectivity index (χ4v) is 7.07. The van der Waals surface area contributed by atoms with Gasteiger partial charge in [0.2, 0.25) is 11.8 Å². The van der Waals surface area contributed by atoms with Crippen LogP contribution in [0.25, 0.3) is 0 Å². The second-order valence-electron chi connectivity index (χ2n) is 11.9. The van der Waals surface area contributed by atoms with Crippen LogP contribution in [0.2, 0.25) is 15.1 Å². The Hall–Kier alpha value is -3.56. The van der Waals surface area contributed by atoms with Gasteiger partial charge in [-0.1, -0.05) is 95.5 Å². The van der Waals surface area contributed by atoms with Gasteiger partial charge in [0.25, 0.3) is 10.0 Å². The first kappa shape index (κ1) is 35.3. The Bertz CT molecular complexity index is 1800. The highest BCUT2D eigenvalue weighted by molar-refractivity contribution is 7.92. The van der Waals surface area contributed by atoms with Gasteiger partial charge in [-0.3, -0.25) is 13.9 Å². The molecule has 0 spiro atoms. The van der Waals surface area contributed by atoms with Crippen LogP contribution in [0.1, 0.15) is 37.5 Å². The summed E-state index contributed by atoms with van der Waals surface area (Å²) in [5.74, 6) is -1.01. The molecule has 0 saturated carbocycles. The third-order valence-electron chi connectivity index (χ3n) is 7.24. The number of amides is 2. The smallest absolute Gasteiger partial charge is 0.264 e. The molecular formula is C35H36Cl3N3O4S. The Morgan fingerprint density at radius 1 is 0.826 bits per heavy atom. The summed E-state index contributed by atoms with van der Waals surface area (Å²) in [5, 5.41) is 4.06. The van der Waals surface area contributed by atoms with E-state index in [2.05, 4.69) is 5.32 Å². The first-order chi connectivity index (χ1) is 21.7. The average molecular weight is 701 g/mol. The van der Waals surface area contributed by atoms with Crippen molar-refractivity contribution >= 4 is 62.3 Å². The highest BCUT2D eigenvalue weighted by atomic mass is 35.5. The van der Waals surface area contributed by atoms with Crippen molar-refractivity contribution in [2.24, 2.45) is 0 Å². The molecule has 242 valence electrons. The SMILES string of the molecule is Cc1c(Cl)cccc1N(CC(=O)N(Cc1ccc(Cl)cc1Cl)C(Cc1ccccc1)C(=O)NC(C)(C)C)S(=O)(=O)c1ccccc1. The van der Waals surface area contributed by atoms with Crippen LogP contribution in [-0.2, 0) is 32.6 Å². The fourth-order valence-electron chi connectivity index (χ4n) is 4.94. The van der Waals surface area contributed by atoms with Gasteiger partial charge in [-0.25, -0.2) is 8.42 Å². The Morgan fingerprint density at radius 2 is 1.46 bits per heavy atom. The largest absolute Gasteiger partial charge is 0.350 e. The summed E-state index contributed by atoms with van der Waals surface area (Å²) in [5.41, 5.74) is 1.47. The lowest BCUT2D eigenvalue weighted by molar-refractivity contribution is -0.140. The Labute approximate surface area is 286 Å². The van der Waals surface area contributed by atoms with Gasteiger partial charge in [-0.05, 0) is 80.8 Å². The van der Waals surface area contributed by atoms with E-state index in [0.717, 1.165) is 9.87 Å². The summed E-state index contributed by atoms with van der Waals surface area (Å²) in [4.78, 5) is 30.0. The molecule has 0 aliphatic carbocycles. The normalized spacial score (nSPS) is 12.3. The standard InChI is InChI=1S/C35H36Cl3N3O4S/c1-24-29(37)16-11-17-31(24)41(46(44,45)28-14-9-6-10-15-28)23-33(42)40(22-26-18-19-27(36)21-30(26)38)32(34(43)39-35(2,3)4)20-25-12-7-5-8-13-25/h5-19,21,32H,20,22-23H2,1-4H3,(H,39,43). The molecular weight excluding hydrogens is 665 g/mol. The van der Waals surface area contributed by atoms with Crippen molar-refractivity contribution in [3.05, 3.63) is 129 Å². The molecule has 46 heavy (non-hydrogen) atoms. The van der Waals surface area contributed by atoms with Crippen molar-refractivity contribution in [2.75, 3.05) is 10.8 Å². The first-order valence-corrected chi connectivity index (χ1v) is 17.2. The number of hydrogen-bond acceptors (Lipinski definition) is 4. The zero-order valence-corrected chi connectivity index (χ0v) is 29.1. The molecule has 0 bridgehead atoms. The maximum absolute atomic E-state index is 14.6. The molecule has 11 heteroatoms. The minimum atomic E-state index is -4.26. The molecule has 0 aliphatic rings. The minimum absolute atomic E-state index is 0.000724. The van der Waals surface area contributed by atoms with Crippen molar-refractivity contribution in [1.82, 2.24) is 10.2 Å². The average Bonchev–Trinajstić information content (AvgIpc) is 3.00. The maximum atomic E-state index is 14.6. The highest BCUT2D eigenvalue weighted by Crippen LogP contribution is 2.32. The second kappa shape index (κ2) is 14.9. The molecule has 4 rings (SSSR count). The van der Waals surface area contributed by atoms with Gasteiger partial charge in [0.15, 0.2) is 0 Å². The van der Waals surface area contributed by atoms with Gasteiger partial charge in [0.1, 0.15) is 12.6 Å². The zero-order valence-electron chi connectivity index (χ0n) is 26.0. The number of hydrogen-bond donors (Lipinski definition) is 1. The Balaban J connectivity index is 1.86. The lowest BCUT2D eigenvalue weighted by Gasteiger charge is -2.35. The Morgan fingerprint density at radius 3 is 2.07 bits per heavy atom. The molecule has 0 aliphatic heterocycles.